The Morgan fingerprint density at radius 2 is 1.01 bits per heavy atom. The molecule has 4 heterocycles. The average Bonchev–Trinajstić information content (AvgIpc) is 4.22. The van der Waals surface area contributed by atoms with Crippen molar-refractivity contribution in [1.82, 2.24) is 40.4 Å². The molecule has 2 saturated carbocycles. The molecule has 2 aliphatic heterocycles. The molecule has 4 amide bonds. The number of hydrogen-bond donors (Lipinski definition) is 4. The summed E-state index contributed by atoms with van der Waals surface area (Å²) in [6, 6.07) is 21.1. The molecule has 380 valence electrons. The second-order valence-electron chi connectivity index (χ2n) is 21.9. The third-order valence-corrected chi connectivity index (χ3v) is 16.8. The Morgan fingerprint density at radius 1 is 0.569 bits per heavy atom. The van der Waals surface area contributed by atoms with Gasteiger partial charge in [0.15, 0.2) is 0 Å². The Labute approximate surface area is 423 Å². The van der Waals surface area contributed by atoms with Crippen molar-refractivity contribution in [2.75, 3.05) is 14.2 Å². The van der Waals surface area contributed by atoms with Gasteiger partial charge in [0.25, 0.3) is 0 Å². The average molecular weight is 977 g/mol. The summed E-state index contributed by atoms with van der Waals surface area (Å²) >= 11 is 0. The number of aromatic amines is 2. The number of aromatic nitrogens is 4. The van der Waals surface area contributed by atoms with E-state index >= 15 is 0 Å². The van der Waals surface area contributed by atoms with E-state index in [1.165, 1.54) is 60.4 Å². The monoisotopic (exact) mass is 977 g/mol. The topological polar surface area (TPSA) is 175 Å². The van der Waals surface area contributed by atoms with Crippen molar-refractivity contribution in [2.24, 2.45) is 23.7 Å². The zero-order valence-corrected chi connectivity index (χ0v) is 42.8. The van der Waals surface area contributed by atoms with Gasteiger partial charge in [-0.2, -0.15) is 0 Å². The minimum atomic E-state index is -0.691. The molecule has 0 radical (unpaired) electrons. The Hall–Kier alpha value is -6.44. The number of H-pyrrole nitrogens is 2. The molecular weight excluding hydrogens is 905 g/mol. The van der Waals surface area contributed by atoms with Gasteiger partial charge in [-0.15, -0.1) is 0 Å². The summed E-state index contributed by atoms with van der Waals surface area (Å²) in [7, 11) is 2.66. The number of fused-ring (bicyclic) bond motifs is 2. The van der Waals surface area contributed by atoms with Crippen molar-refractivity contribution in [3.8, 4) is 33.6 Å². The first kappa shape index (κ1) is 49.2. The predicted molar refractivity (Wildman–Crippen MR) is 277 cm³/mol. The molecule has 4 fully saturated rings. The maximum absolute atomic E-state index is 14.5. The van der Waals surface area contributed by atoms with Crippen LogP contribution in [0.15, 0.2) is 73.1 Å². The molecule has 72 heavy (non-hydrogen) atoms. The minimum absolute atomic E-state index is 0.0646. The second-order valence-corrected chi connectivity index (χ2v) is 21.9. The van der Waals surface area contributed by atoms with Crippen LogP contribution in [0.1, 0.15) is 138 Å². The Balaban J connectivity index is 0.863. The lowest BCUT2D eigenvalue weighted by molar-refractivity contribution is -0.139. The number of rotatable bonds is 11. The molecule has 8 unspecified atom stereocenters. The number of hydrogen-bond acceptors (Lipinski definition) is 8. The van der Waals surface area contributed by atoms with Gasteiger partial charge in [-0.1, -0.05) is 108 Å². The van der Waals surface area contributed by atoms with E-state index in [4.69, 9.17) is 19.4 Å². The number of carbonyl (C=O) groups excluding carboxylic acids is 4. The van der Waals surface area contributed by atoms with Gasteiger partial charge in [0.1, 0.15) is 23.7 Å². The summed E-state index contributed by atoms with van der Waals surface area (Å²) in [5.41, 5.74) is 11.6. The first-order valence-electron chi connectivity index (χ1n) is 26.7. The smallest absolute Gasteiger partial charge is 0.407 e. The second kappa shape index (κ2) is 21.0. The van der Waals surface area contributed by atoms with Crippen molar-refractivity contribution >= 4 is 24.0 Å². The van der Waals surface area contributed by atoms with Gasteiger partial charge in [-0.05, 0) is 133 Å². The first-order valence-corrected chi connectivity index (χ1v) is 26.7. The van der Waals surface area contributed by atoms with Crippen molar-refractivity contribution in [1.29, 1.82) is 0 Å². The van der Waals surface area contributed by atoms with Crippen LogP contribution in [0.25, 0.3) is 33.6 Å². The van der Waals surface area contributed by atoms with Crippen LogP contribution in [-0.2, 0) is 44.7 Å². The fourth-order valence-corrected chi connectivity index (χ4v) is 13.0. The molecule has 8 aliphatic rings. The highest BCUT2D eigenvalue weighted by Crippen LogP contribution is 2.48. The fraction of sp³-hybridized carbons (Fsp3) is 0.517. The lowest BCUT2D eigenvalue weighted by atomic mass is 9.84. The van der Waals surface area contributed by atoms with E-state index in [1.807, 2.05) is 45.0 Å². The Kier molecular flexibility index (Phi) is 14.3. The van der Waals surface area contributed by atoms with Crippen molar-refractivity contribution in [3.05, 3.63) is 107 Å². The molecule has 6 aliphatic carbocycles. The van der Waals surface area contributed by atoms with Gasteiger partial charge >= 0.3 is 12.2 Å². The van der Waals surface area contributed by atoms with Crippen molar-refractivity contribution in [2.45, 2.75) is 154 Å². The molecule has 14 heteroatoms. The quantitative estimate of drug-likeness (QED) is 0.101. The highest BCUT2D eigenvalue weighted by atomic mass is 16.5. The standard InChI is InChI=1S/C58H72N8O6/c1-33(2)51(63-57(69)71-5)55(67)65-47-13-9-7-11-41(47)29-49(65)53-59-31-45(61-53)40-25-23-38(24-26-40)43-27-35-15-19-37(43)20-16-36-18-22-39(21-17-35)44(28-36)46-32-60-54(62-46)50-30-42-12-8-10-14-48(42)66(50)56(68)52(34(3)4)64-58(70)72-6/h15,18-19,22-28,31-34,41-42,47-52H,7-14,16-17,20-21,29-30H2,1-6H3,(H,59,61)(H,60,62)(H,63,69)(H,64,70). The Bertz CT molecular complexity index is 2780. The SMILES string of the molecule is COC(=O)NC(C(=O)N1C(c2ncc(-c3ccc(-c4cc5ccc4CCc4ccc(c(-c6cnc(C7CC8CCCCC8N7C(=O)C(NC(=O)OC)C(C)C)[nH]6)c4)CC5)cc3)[nH]2)CC2CCCCC21)C(C)C. The zero-order chi connectivity index (χ0) is 50.2. The van der Waals surface area contributed by atoms with Gasteiger partial charge in [0, 0.05) is 17.6 Å². The van der Waals surface area contributed by atoms with Crippen LogP contribution in [0.2, 0.25) is 0 Å². The van der Waals surface area contributed by atoms with Crippen LogP contribution >= 0.6 is 0 Å². The number of ether oxygens (including phenoxy) is 2. The summed E-state index contributed by atoms with van der Waals surface area (Å²) in [6.45, 7) is 7.84. The fourth-order valence-electron chi connectivity index (χ4n) is 13.0. The van der Waals surface area contributed by atoms with E-state index < -0.39 is 24.3 Å². The third kappa shape index (κ3) is 9.77. The molecule has 4 bridgehead atoms. The van der Waals surface area contributed by atoms with Crippen molar-refractivity contribution in [3.63, 3.8) is 0 Å². The van der Waals surface area contributed by atoms with E-state index in [0.29, 0.717) is 11.8 Å². The summed E-state index contributed by atoms with van der Waals surface area (Å²) in [6.07, 6.45) is 16.4. The number of amides is 4. The Morgan fingerprint density at radius 3 is 1.51 bits per heavy atom. The number of imidazole rings is 2. The lowest BCUT2D eigenvalue weighted by Crippen LogP contribution is -2.53. The maximum atomic E-state index is 14.5. The number of aryl methyl sites for hydroxylation is 4. The molecule has 4 N–H and O–H groups in total. The van der Waals surface area contributed by atoms with Crippen LogP contribution in [-0.4, -0.2) is 92.1 Å². The predicted octanol–water partition coefficient (Wildman–Crippen LogP) is 10.4. The highest BCUT2D eigenvalue weighted by molar-refractivity contribution is 5.88. The number of nitrogens with one attached hydrogen (secondary N) is 4. The highest BCUT2D eigenvalue weighted by Gasteiger charge is 2.50. The molecule has 14 nitrogen and oxygen atoms in total. The number of likely N-dealkylation sites (tertiary alicyclic amines) is 2. The number of methoxy groups -OCH3 is 2. The summed E-state index contributed by atoms with van der Waals surface area (Å²) in [4.78, 5) is 74.9. The zero-order valence-electron chi connectivity index (χ0n) is 42.8. The van der Waals surface area contributed by atoms with Gasteiger partial charge < -0.3 is 39.9 Å². The third-order valence-electron chi connectivity index (χ3n) is 16.8. The van der Waals surface area contributed by atoms with Gasteiger partial charge in [0.05, 0.1) is 50.1 Å². The van der Waals surface area contributed by atoms with E-state index in [-0.39, 0.29) is 47.8 Å². The van der Waals surface area contributed by atoms with E-state index in [0.717, 1.165) is 111 Å². The van der Waals surface area contributed by atoms with Gasteiger partial charge in [-0.25, -0.2) is 19.6 Å². The van der Waals surface area contributed by atoms with Crippen molar-refractivity contribution < 1.29 is 28.7 Å². The normalized spacial score (nSPS) is 23.5. The largest absolute Gasteiger partial charge is 0.453 e. The lowest BCUT2D eigenvalue weighted by Gasteiger charge is -2.36. The maximum Gasteiger partial charge on any atom is 0.407 e. The van der Waals surface area contributed by atoms with Crippen LogP contribution in [0, 0.1) is 23.7 Å². The van der Waals surface area contributed by atoms with Crippen LogP contribution < -0.4 is 10.6 Å². The summed E-state index contributed by atoms with van der Waals surface area (Å²) < 4.78 is 9.84. The number of nitrogens with zero attached hydrogens (tertiary/aromatic N) is 4. The molecule has 2 saturated heterocycles. The molecule has 2 aromatic heterocycles. The van der Waals surface area contributed by atoms with E-state index in [9.17, 15) is 19.2 Å². The van der Waals surface area contributed by atoms with Gasteiger partial charge in [0.2, 0.25) is 11.8 Å². The molecule has 0 spiro atoms. The molecule has 13 rings (SSSR count). The molecule has 3 aromatic carbocycles. The molecular formula is C58H72N8O6. The molecule has 8 atom stereocenters. The summed E-state index contributed by atoms with van der Waals surface area (Å²) in [5.74, 6) is 2.04. The van der Waals surface area contributed by atoms with E-state index in [2.05, 4.69) is 86.2 Å². The number of benzene rings is 3. The van der Waals surface area contributed by atoms with Crippen LogP contribution in [0.3, 0.4) is 0 Å². The van der Waals surface area contributed by atoms with E-state index in [1.54, 1.807) is 0 Å². The van der Waals surface area contributed by atoms with Crippen LogP contribution in [0.4, 0.5) is 9.59 Å². The number of carbonyl (C=O) groups is 4. The first-order chi connectivity index (χ1) is 34.9. The summed E-state index contributed by atoms with van der Waals surface area (Å²) in [5, 5.41) is 5.66. The molecule has 5 aromatic rings. The minimum Gasteiger partial charge on any atom is -0.453 e. The van der Waals surface area contributed by atoms with Gasteiger partial charge in [-0.3, -0.25) is 9.59 Å². The van der Waals surface area contributed by atoms with Crippen LogP contribution in [0.5, 0.6) is 0 Å². The number of alkyl carbamates (subject to hydrolysis) is 2.